The Morgan fingerprint density at radius 2 is 1.87 bits per heavy atom. The Hall–Kier alpha value is -3.19. The van der Waals surface area contributed by atoms with Gasteiger partial charge in [0.2, 0.25) is 0 Å². The van der Waals surface area contributed by atoms with E-state index in [1.54, 1.807) is 18.6 Å². The molecule has 0 unspecified atom stereocenters. The average molecular weight is 422 g/mol. The molecule has 0 saturated carbocycles. The zero-order valence-corrected chi connectivity index (χ0v) is 17.8. The highest BCUT2D eigenvalue weighted by molar-refractivity contribution is 7.13. The number of carbonyl (C=O) groups excluding carboxylic acids is 2. The summed E-state index contributed by atoms with van der Waals surface area (Å²) in [6.07, 6.45) is 2.08. The van der Waals surface area contributed by atoms with Gasteiger partial charge in [-0.1, -0.05) is 18.2 Å². The number of para-hydroxylation sites is 1. The van der Waals surface area contributed by atoms with Crippen molar-refractivity contribution in [3.63, 3.8) is 0 Å². The van der Waals surface area contributed by atoms with E-state index in [-0.39, 0.29) is 11.8 Å². The summed E-state index contributed by atoms with van der Waals surface area (Å²) < 4.78 is 5.39. The van der Waals surface area contributed by atoms with E-state index in [0.717, 1.165) is 37.1 Å². The van der Waals surface area contributed by atoms with Crippen molar-refractivity contribution in [1.82, 2.24) is 9.88 Å². The molecule has 1 saturated heterocycles. The van der Waals surface area contributed by atoms with Gasteiger partial charge in [-0.05, 0) is 49.6 Å². The topological polar surface area (TPSA) is 71.5 Å². The lowest BCUT2D eigenvalue weighted by atomic mass is 10.1. The van der Waals surface area contributed by atoms with Crippen LogP contribution in [0.5, 0.6) is 5.75 Å². The molecule has 0 radical (unpaired) electrons. The first-order valence-electron chi connectivity index (χ1n) is 9.87. The van der Waals surface area contributed by atoms with Crippen LogP contribution >= 0.6 is 11.3 Å². The second-order valence-electron chi connectivity index (χ2n) is 7.17. The highest BCUT2D eigenvalue weighted by Gasteiger charge is 2.22. The molecule has 2 aromatic carbocycles. The average Bonchev–Trinajstić information content (AvgIpc) is 3.47. The molecule has 0 aliphatic carbocycles. The quantitative estimate of drug-likeness (QED) is 0.653. The van der Waals surface area contributed by atoms with Crippen LogP contribution in [0, 0.1) is 6.92 Å². The molecule has 0 atom stereocenters. The van der Waals surface area contributed by atoms with E-state index in [2.05, 4.69) is 10.3 Å². The number of nitrogens with zero attached hydrogens (tertiary/aromatic N) is 2. The molecule has 1 aliphatic rings. The third-order valence-corrected chi connectivity index (χ3v) is 6.16. The summed E-state index contributed by atoms with van der Waals surface area (Å²) in [5.74, 6) is 0.428. The number of aromatic nitrogens is 1. The first-order valence-corrected chi connectivity index (χ1v) is 10.8. The van der Waals surface area contributed by atoms with Gasteiger partial charge in [0.25, 0.3) is 11.8 Å². The Kier molecular flexibility index (Phi) is 5.81. The molecule has 0 bridgehead atoms. The van der Waals surface area contributed by atoms with Crippen LogP contribution in [0.25, 0.3) is 10.6 Å². The van der Waals surface area contributed by atoms with Gasteiger partial charge in [-0.25, -0.2) is 4.98 Å². The van der Waals surface area contributed by atoms with Gasteiger partial charge in [-0.3, -0.25) is 9.59 Å². The molecule has 2 heterocycles. The maximum atomic E-state index is 12.8. The van der Waals surface area contributed by atoms with Crippen LogP contribution in [0.15, 0.2) is 47.8 Å². The Labute approximate surface area is 179 Å². The van der Waals surface area contributed by atoms with Gasteiger partial charge >= 0.3 is 0 Å². The molecule has 30 heavy (non-hydrogen) atoms. The fourth-order valence-corrected chi connectivity index (χ4v) is 4.43. The van der Waals surface area contributed by atoms with Gasteiger partial charge in [0.1, 0.15) is 16.5 Å². The van der Waals surface area contributed by atoms with Gasteiger partial charge in [0.05, 0.1) is 12.7 Å². The predicted octanol–water partition coefficient (Wildman–Crippen LogP) is 4.62. The van der Waals surface area contributed by atoms with E-state index in [4.69, 9.17) is 4.74 Å². The van der Waals surface area contributed by atoms with E-state index >= 15 is 0 Å². The second kappa shape index (κ2) is 8.67. The number of methoxy groups -OCH3 is 1. The first-order chi connectivity index (χ1) is 14.6. The molecule has 4 rings (SSSR count). The Balaban J connectivity index is 1.54. The third kappa shape index (κ3) is 3.93. The Bertz CT molecular complexity index is 1090. The van der Waals surface area contributed by atoms with Crippen molar-refractivity contribution >= 4 is 28.8 Å². The summed E-state index contributed by atoms with van der Waals surface area (Å²) in [5, 5.41) is 5.35. The first kappa shape index (κ1) is 20.1. The number of benzene rings is 2. The lowest BCUT2D eigenvalue weighted by Gasteiger charge is -2.18. The second-order valence-corrected chi connectivity index (χ2v) is 8.03. The monoisotopic (exact) mass is 421 g/mol. The van der Waals surface area contributed by atoms with Crippen molar-refractivity contribution in [3.8, 4) is 16.3 Å². The number of rotatable bonds is 5. The van der Waals surface area contributed by atoms with E-state index < -0.39 is 0 Å². The van der Waals surface area contributed by atoms with Gasteiger partial charge in [0.15, 0.2) is 0 Å². The van der Waals surface area contributed by atoms with Gasteiger partial charge < -0.3 is 15.0 Å². The van der Waals surface area contributed by atoms with Gasteiger partial charge in [-0.2, -0.15) is 0 Å². The zero-order chi connectivity index (χ0) is 21.1. The molecule has 1 N–H and O–H groups in total. The molecular formula is C23H23N3O3S. The summed E-state index contributed by atoms with van der Waals surface area (Å²) in [4.78, 5) is 32.0. The number of anilines is 1. The highest BCUT2D eigenvalue weighted by Crippen LogP contribution is 2.32. The number of hydrogen-bond acceptors (Lipinski definition) is 5. The normalized spacial score (nSPS) is 13.3. The van der Waals surface area contributed by atoms with Crippen molar-refractivity contribution < 1.29 is 14.3 Å². The SMILES string of the molecule is COc1ccccc1-c1nc(C(=O)Nc2cccc(C(=O)N3CCCC3)c2C)cs1. The molecular weight excluding hydrogens is 398 g/mol. The molecule has 1 aliphatic heterocycles. The van der Waals surface area contributed by atoms with Gasteiger partial charge in [-0.15, -0.1) is 11.3 Å². The number of likely N-dealkylation sites (tertiary alicyclic amines) is 1. The maximum absolute atomic E-state index is 12.8. The smallest absolute Gasteiger partial charge is 0.275 e. The van der Waals surface area contributed by atoms with E-state index in [1.165, 1.54) is 11.3 Å². The van der Waals surface area contributed by atoms with Crippen molar-refractivity contribution in [2.24, 2.45) is 0 Å². The molecule has 0 spiro atoms. The third-order valence-electron chi connectivity index (χ3n) is 5.28. The Morgan fingerprint density at radius 1 is 1.10 bits per heavy atom. The van der Waals surface area contributed by atoms with Crippen molar-refractivity contribution in [1.29, 1.82) is 0 Å². The maximum Gasteiger partial charge on any atom is 0.275 e. The summed E-state index contributed by atoms with van der Waals surface area (Å²) in [6, 6.07) is 13.0. The molecule has 1 aromatic heterocycles. The number of ether oxygens (including phenoxy) is 1. The van der Waals surface area contributed by atoms with Crippen LogP contribution < -0.4 is 10.1 Å². The minimum absolute atomic E-state index is 0.0215. The van der Waals surface area contributed by atoms with E-state index in [1.807, 2.05) is 48.2 Å². The molecule has 1 fully saturated rings. The number of nitrogens with one attached hydrogen (secondary N) is 1. The molecule has 154 valence electrons. The molecule has 2 amide bonds. The van der Waals surface area contributed by atoms with Crippen LogP contribution in [0.4, 0.5) is 5.69 Å². The lowest BCUT2D eigenvalue weighted by molar-refractivity contribution is 0.0791. The van der Waals surface area contributed by atoms with Crippen molar-refractivity contribution in [2.75, 3.05) is 25.5 Å². The fraction of sp³-hybridized carbons (Fsp3) is 0.261. The van der Waals surface area contributed by atoms with Crippen LogP contribution in [-0.4, -0.2) is 41.9 Å². The minimum atomic E-state index is -0.304. The van der Waals surface area contributed by atoms with Crippen molar-refractivity contribution in [3.05, 3.63) is 64.7 Å². The fourth-order valence-electron chi connectivity index (χ4n) is 3.60. The molecule has 7 heteroatoms. The summed E-state index contributed by atoms with van der Waals surface area (Å²) in [7, 11) is 1.61. The predicted molar refractivity (Wildman–Crippen MR) is 118 cm³/mol. The molecule has 3 aromatic rings. The summed E-state index contributed by atoms with van der Waals surface area (Å²) in [6.45, 7) is 3.44. The number of thiazole rings is 1. The van der Waals surface area contributed by atoms with Crippen LogP contribution in [0.3, 0.4) is 0 Å². The lowest BCUT2D eigenvalue weighted by Crippen LogP contribution is -2.28. The van der Waals surface area contributed by atoms with Crippen molar-refractivity contribution in [2.45, 2.75) is 19.8 Å². The van der Waals surface area contributed by atoms with Crippen LogP contribution in [0.2, 0.25) is 0 Å². The minimum Gasteiger partial charge on any atom is -0.496 e. The summed E-state index contributed by atoms with van der Waals surface area (Å²) >= 11 is 1.39. The number of amides is 2. The van der Waals surface area contributed by atoms with E-state index in [0.29, 0.717) is 27.7 Å². The van der Waals surface area contributed by atoms with Crippen LogP contribution in [0.1, 0.15) is 39.3 Å². The standard InChI is InChI=1S/C23H23N3O3S/c1-15-16(23(28)26-12-5-6-13-26)9-7-10-18(15)24-21(27)19-14-30-22(25-19)17-8-3-4-11-20(17)29-2/h3-4,7-11,14H,5-6,12-13H2,1-2H3,(H,24,27). The van der Waals surface area contributed by atoms with Crippen LogP contribution in [-0.2, 0) is 0 Å². The number of carbonyl (C=O) groups is 2. The number of hydrogen-bond donors (Lipinski definition) is 1. The Morgan fingerprint density at radius 3 is 2.63 bits per heavy atom. The highest BCUT2D eigenvalue weighted by atomic mass is 32.1. The van der Waals surface area contributed by atoms with E-state index in [9.17, 15) is 9.59 Å². The largest absolute Gasteiger partial charge is 0.496 e. The van der Waals surface area contributed by atoms with Gasteiger partial charge in [0, 0.05) is 29.7 Å². The zero-order valence-electron chi connectivity index (χ0n) is 17.0. The molecule has 6 nitrogen and oxygen atoms in total. The summed E-state index contributed by atoms with van der Waals surface area (Å²) in [5.41, 5.74) is 3.19.